The van der Waals surface area contributed by atoms with Gasteiger partial charge in [0, 0.05) is 6.54 Å². The number of fused-ring (bicyclic) bond motifs is 1. The van der Waals surface area contributed by atoms with Crippen LogP contribution in [-0.2, 0) is 20.8 Å². The number of hydrogen-bond acceptors (Lipinski definition) is 6. The van der Waals surface area contributed by atoms with Crippen molar-refractivity contribution in [1.29, 1.82) is 0 Å². The van der Waals surface area contributed by atoms with E-state index in [2.05, 4.69) is 21.3 Å². The SMILES string of the molecule is C[C@@H](O)[C@@H]1NC(=O)C[C@@H](C(=O)NCC2CC2)NC(=O)c2ccccc2OC[C@@H](Cc2ccccc2)NC1=O. The highest BCUT2D eigenvalue weighted by atomic mass is 16.5. The van der Waals surface area contributed by atoms with Gasteiger partial charge in [-0.15, -0.1) is 0 Å². The van der Waals surface area contributed by atoms with Gasteiger partial charge in [0.2, 0.25) is 17.7 Å². The second-order valence-corrected chi connectivity index (χ2v) is 9.91. The Balaban J connectivity index is 1.61. The van der Waals surface area contributed by atoms with Crippen molar-refractivity contribution in [1.82, 2.24) is 21.3 Å². The number of aliphatic hydroxyl groups excluding tert-OH is 1. The topological polar surface area (TPSA) is 146 Å². The van der Waals surface area contributed by atoms with E-state index < -0.39 is 54.3 Å². The summed E-state index contributed by atoms with van der Waals surface area (Å²) in [5.41, 5.74) is 1.16. The molecule has 1 aliphatic heterocycles. The van der Waals surface area contributed by atoms with Gasteiger partial charge in [-0.25, -0.2) is 0 Å². The lowest BCUT2D eigenvalue weighted by atomic mass is 10.0. The van der Waals surface area contributed by atoms with Crippen molar-refractivity contribution in [3.05, 3.63) is 65.7 Å². The molecule has 202 valence electrons. The maximum absolute atomic E-state index is 13.2. The number of carbonyl (C=O) groups is 4. The minimum absolute atomic E-state index is 0.0245. The van der Waals surface area contributed by atoms with E-state index in [0.717, 1.165) is 18.4 Å². The van der Waals surface area contributed by atoms with Crippen LogP contribution >= 0.6 is 0 Å². The molecule has 0 aromatic heterocycles. The van der Waals surface area contributed by atoms with Crippen molar-refractivity contribution in [3.8, 4) is 5.75 Å². The van der Waals surface area contributed by atoms with Crippen LogP contribution in [0.1, 0.15) is 42.1 Å². The molecule has 4 amide bonds. The van der Waals surface area contributed by atoms with Gasteiger partial charge < -0.3 is 31.1 Å². The van der Waals surface area contributed by atoms with Gasteiger partial charge in [0.05, 0.1) is 24.1 Å². The molecule has 4 atom stereocenters. The van der Waals surface area contributed by atoms with Gasteiger partial charge in [-0.1, -0.05) is 42.5 Å². The van der Waals surface area contributed by atoms with Gasteiger partial charge in [0.1, 0.15) is 24.4 Å². The van der Waals surface area contributed by atoms with Crippen molar-refractivity contribution in [2.45, 2.75) is 56.8 Å². The molecule has 0 unspecified atom stereocenters. The van der Waals surface area contributed by atoms with Crippen molar-refractivity contribution in [2.75, 3.05) is 13.2 Å². The summed E-state index contributed by atoms with van der Waals surface area (Å²) in [5.74, 6) is -1.60. The van der Waals surface area contributed by atoms with E-state index in [1.165, 1.54) is 6.92 Å². The monoisotopic (exact) mass is 522 g/mol. The molecule has 1 heterocycles. The number of amides is 4. The third-order valence-corrected chi connectivity index (χ3v) is 6.60. The Morgan fingerprint density at radius 2 is 1.74 bits per heavy atom. The largest absolute Gasteiger partial charge is 0.491 e. The predicted octanol–water partition coefficient (Wildman–Crippen LogP) is 0.687. The van der Waals surface area contributed by atoms with Crippen LogP contribution in [0.15, 0.2) is 54.6 Å². The molecule has 0 saturated heterocycles. The first-order valence-electron chi connectivity index (χ1n) is 12.9. The molecule has 0 bridgehead atoms. The second kappa shape index (κ2) is 12.6. The third-order valence-electron chi connectivity index (χ3n) is 6.60. The van der Waals surface area contributed by atoms with Crippen LogP contribution in [-0.4, -0.2) is 66.1 Å². The summed E-state index contributed by atoms with van der Waals surface area (Å²) in [6, 6.07) is 13.1. The van der Waals surface area contributed by atoms with Crippen molar-refractivity contribution < 1.29 is 29.0 Å². The zero-order valence-corrected chi connectivity index (χ0v) is 21.3. The molecule has 2 aromatic carbocycles. The number of hydrogen-bond donors (Lipinski definition) is 5. The smallest absolute Gasteiger partial charge is 0.255 e. The quantitative estimate of drug-likeness (QED) is 0.377. The van der Waals surface area contributed by atoms with E-state index in [4.69, 9.17) is 4.74 Å². The Morgan fingerprint density at radius 3 is 2.45 bits per heavy atom. The van der Waals surface area contributed by atoms with Crippen LogP contribution in [0.4, 0.5) is 0 Å². The van der Waals surface area contributed by atoms with Crippen LogP contribution in [0.5, 0.6) is 5.75 Å². The van der Waals surface area contributed by atoms with Gasteiger partial charge >= 0.3 is 0 Å². The Bertz CT molecular complexity index is 1150. The lowest BCUT2D eigenvalue weighted by molar-refractivity contribution is -0.133. The molecule has 4 rings (SSSR count). The van der Waals surface area contributed by atoms with Crippen LogP contribution in [0.25, 0.3) is 0 Å². The molecule has 5 N–H and O–H groups in total. The Morgan fingerprint density at radius 1 is 1.03 bits per heavy atom. The standard InChI is InChI=1S/C28H34N4O6/c1-17(33)25-28(37)30-20(13-18-7-3-2-4-8-18)16-38-23-10-6-5-9-21(23)26(35)31-22(14-24(34)32-25)27(36)29-15-19-11-12-19/h2-10,17,19-20,22,25,33H,11-16H2,1H3,(H,29,36)(H,30,37)(H,31,35)(H,32,34)/t17-,20-,22+,25+/m1/s1. The summed E-state index contributed by atoms with van der Waals surface area (Å²) in [5, 5.41) is 21.1. The third kappa shape index (κ3) is 7.55. The first-order chi connectivity index (χ1) is 18.3. The summed E-state index contributed by atoms with van der Waals surface area (Å²) in [7, 11) is 0. The molecule has 38 heavy (non-hydrogen) atoms. The first kappa shape index (κ1) is 27.1. The lowest BCUT2D eigenvalue weighted by Crippen LogP contribution is -2.57. The fourth-order valence-electron chi connectivity index (χ4n) is 4.27. The van der Waals surface area contributed by atoms with Gasteiger partial charge in [0.15, 0.2) is 0 Å². The summed E-state index contributed by atoms with van der Waals surface area (Å²) < 4.78 is 6.01. The Hall–Kier alpha value is -3.92. The molecule has 1 aliphatic carbocycles. The zero-order valence-electron chi connectivity index (χ0n) is 21.3. The van der Waals surface area contributed by atoms with Crippen LogP contribution < -0.4 is 26.0 Å². The number of rotatable bonds is 6. The number of para-hydroxylation sites is 1. The van der Waals surface area contributed by atoms with Crippen molar-refractivity contribution in [2.24, 2.45) is 5.92 Å². The average molecular weight is 523 g/mol. The highest BCUT2D eigenvalue weighted by molar-refractivity contribution is 6.01. The number of ether oxygens (including phenoxy) is 1. The minimum Gasteiger partial charge on any atom is -0.491 e. The summed E-state index contributed by atoms with van der Waals surface area (Å²) >= 11 is 0. The predicted molar refractivity (Wildman–Crippen MR) is 139 cm³/mol. The summed E-state index contributed by atoms with van der Waals surface area (Å²) in [6.07, 6.45) is 0.861. The molecule has 0 spiro atoms. The number of aliphatic hydroxyl groups is 1. The number of nitrogens with one attached hydrogen (secondary N) is 4. The molecule has 10 heteroatoms. The normalized spacial score (nSPS) is 23.4. The molecular weight excluding hydrogens is 488 g/mol. The fourth-order valence-corrected chi connectivity index (χ4v) is 4.27. The van der Waals surface area contributed by atoms with Crippen molar-refractivity contribution >= 4 is 23.6 Å². The van der Waals surface area contributed by atoms with E-state index in [1.807, 2.05) is 30.3 Å². The van der Waals surface area contributed by atoms with Crippen LogP contribution in [0.2, 0.25) is 0 Å². The molecule has 2 aliphatic rings. The number of carbonyl (C=O) groups excluding carboxylic acids is 4. The Kier molecular flexibility index (Phi) is 8.96. The molecular formula is C28H34N4O6. The van der Waals surface area contributed by atoms with E-state index in [9.17, 15) is 24.3 Å². The zero-order chi connectivity index (χ0) is 27.1. The highest BCUT2D eigenvalue weighted by Crippen LogP contribution is 2.27. The van der Waals surface area contributed by atoms with Crippen molar-refractivity contribution in [3.63, 3.8) is 0 Å². The Labute approximate surface area is 221 Å². The molecule has 0 radical (unpaired) electrons. The van der Waals surface area contributed by atoms with Gasteiger partial charge in [0.25, 0.3) is 5.91 Å². The fraction of sp³-hybridized carbons (Fsp3) is 0.429. The van der Waals surface area contributed by atoms with Crippen LogP contribution in [0, 0.1) is 5.92 Å². The number of benzene rings is 2. The minimum atomic E-state index is -1.26. The average Bonchev–Trinajstić information content (AvgIpc) is 3.73. The molecule has 1 saturated carbocycles. The van der Waals surface area contributed by atoms with E-state index in [0.29, 0.717) is 18.9 Å². The van der Waals surface area contributed by atoms with E-state index >= 15 is 0 Å². The molecule has 2 aromatic rings. The molecule has 1 fully saturated rings. The van der Waals surface area contributed by atoms with E-state index in [1.54, 1.807) is 24.3 Å². The summed E-state index contributed by atoms with van der Waals surface area (Å²) in [4.78, 5) is 52.3. The lowest BCUT2D eigenvalue weighted by Gasteiger charge is -2.27. The van der Waals surface area contributed by atoms with Gasteiger partial charge in [-0.3, -0.25) is 19.2 Å². The van der Waals surface area contributed by atoms with Gasteiger partial charge in [-0.2, -0.15) is 0 Å². The maximum Gasteiger partial charge on any atom is 0.255 e. The highest BCUT2D eigenvalue weighted by Gasteiger charge is 2.32. The second-order valence-electron chi connectivity index (χ2n) is 9.91. The maximum atomic E-state index is 13.2. The summed E-state index contributed by atoms with van der Waals surface area (Å²) in [6.45, 7) is 1.89. The van der Waals surface area contributed by atoms with Crippen LogP contribution in [0.3, 0.4) is 0 Å². The first-order valence-corrected chi connectivity index (χ1v) is 12.9. The molecule has 10 nitrogen and oxygen atoms in total. The van der Waals surface area contributed by atoms with E-state index in [-0.39, 0.29) is 17.9 Å². The van der Waals surface area contributed by atoms with Gasteiger partial charge in [-0.05, 0) is 49.8 Å².